The lowest BCUT2D eigenvalue weighted by Crippen LogP contribution is -2.56. The van der Waals surface area contributed by atoms with Crippen molar-refractivity contribution in [1.82, 2.24) is 26.2 Å². The predicted octanol–water partition coefficient (Wildman–Crippen LogP) is 4.70. The van der Waals surface area contributed by atoms with Crippen LogP contribution in [0.25, 0.3) is 11.1 Å². The van der Waals surface area contributed by atoms with Gasteiger partial charge in [-0.15, -0.1) is 0 Å². The van der Waals surface area contributed by atoms with Crippen molar-refractivity contribution in [2.45, 2.75) is 141 Å². The molecule has 2 aromatic carbocycles. The van der Waals surface area contributed by atoms with Crippen LogP contribution in [0.1, 0.15) is 128 Å². The molecule has 61 heavy (non-hydrogen) atoms. The summed E-state index contributed by atoms with van der Waals surface area (Å²) in [4.78, 5) is 70.2. The van der Waals surface area contributed by atoms with E-state index >= 15 is 0 Å². The molecule has 4 atom stereocenters. The third-order valence-corrected chi connectivity index (χ3v) is 10.7. The Morgan fingerprint density at radius 2 is 1.46 bits per heavy atom. The predicted molar refractivity (Wildman–Crippen MR) is 236 cm³/mol. The summed E-state index contributed by atoms with van der Waals surface area (Å²) < 4.78 is 12.3. The van der Waals surface area contributed by atoms with Gasteiger partial charge in [-0.25, -0.2) is 0 Å². The Balaban J connectivity index is 1.98. The molecule has 2 aromatic rings. The van der Waals surface area contributed by atoms with Crippen molar-refractivity contribution < 1.29 is 33.4 Å². The van der Waals surface area contributed by atoms with Crippen molar-refractivity contribution in [2.75, 3.05) is 39.9 Å². The maximum absolute atomic E-state index is 14.4. The van der Waals surface area contributed by atoms with E-state index in [1.165, 1.54) is 63.8 Å². The lowest BCUT2D eigenvalue weighted by atomic mass is 9.93. The molecule has 8 N–H and O–H groups in total. The zero-order valence-corrected chi connectivity index (χ0v) is 36.8. The number of nitrogens with one attached hydrogen (secondary N) is 4. The number of nitrogens with two attached hydrogens (primary N) is 2. The number of likely N-dealkylation sites (N-methyl/N-ethyl adjacent to an activating group) is 1. The summed E-state index contributed by atoms with van der Waals surface area (Å²) in [7, 11) is 1.48. The molecule has 15 nitrogen and oxygen atoms in total. The molecule has 3 rings (SSSR count). The summed E-state index contributed by atoms with van der Waals surface area (Å²) >= 11 is 0. The van der Waals surface area contributed by atoms with Crippen LogP contribution in [-0.2, 0) is 30.4 Å². The van der Waals surface area contributed by atoms with Gasteiger partial charge in [0.2, 0.25) is 29.5 Å². The molecule has 0 saturated carbocycles. The van der Waals surface area contributed by atoms with E-state index in [-0.39, 0.29) is 51.4 Å². The van der Waals surface area contributed by atoms with Gasteiger partial charge in [0.15, 0.2) is 0 Å². The number of hydrogen-bond acceptors (Lipinski definition) is 10. The number of nitrogens with zero attached hydrogens (tertiary/aromatic N) is 2. The molecule has 15 heteroatoms. The van der Waals surface area contributed by atoms with Crippen molar-refractivity contribution in [1.29, 1.82) is 5.26 Å². The molecule has 5 amide bonds. The van der Waals surface area contributed by atoms with Crippen LogP contribution in [0.5, 0.6) is 11.5 Å². The number of fused-ring (bicyclic) bond motifs is 5. The smallest absolute Gasteiger partial charge is 0.248 e. The standard InChI is InChI=1S/C46H70N8O7/c1-5-7-8-9-10-11-12-13-14-15-16-17-41(55)52-37(22-23-47)46(59)54(4)42-34-19-21-40(61-28-25-49)36(31-34)35-29-33(18-20-39(35)60-27-6-2)30-38(44(57)50-26-24-48)53-43(56)32(3)51-45(42)58/h18-21,29,31-32,37-38,42H,5-17,22-23,25-28,30,47,49H2,1-4H3,(H,50,57)(H,51,58)(H,52,55)(H,53,56)/t32-,37-,38-,42-/m0/s1. The topological polar surface area (TPSA) is 231 Å². The molecule has 0 aliphatic carbocycles. The van der Waals surface area contributed by atoms with Gasteiger partial charge < -0.3 is 47.1 Å². The van der Waals surface area contributed by atoms with Gasteiger partial charge in [0.1, 0.15) is 48.8 Å². The average molecular weight is 847 g/mol. The molecule has 0 aromatic heterocycles. The Hall–Kier alpha value is -5.20. The van der Waals surface area contributed by atoms with Gasteiger partial charge >= 0.3 is 0 Å². The van der Waals surface area contributed by atoms with E-state index in [1.807, 2.05) is 19.1 Å². The number of hydrogen-bond donors (Lipinski definition) is 6. The second kappa shape index (κ2) is 27.6. The minimum Gasteiger partial charge on any atom is -0.493 e. The van der Waals surface area contributed by atoms with E-state index in [2.05, 4.69) is 28.2 Å². The largest absolute Gasteiger partial charge is 0.493 e. The Labute approximate surface area is 362 Å². The molecule has 4 bridgehead atoms. The number of nitriles is 1. The quantitative estimate of drug-likeness (QED) is 0.0596. The van der Waals surface area contributed by atoms with Crippen molar-refractivity contribution >= 4 is 29.5 Å². The van der Waals surface area contributed by atoms with Gasteiger partial charge in [0.05, 0.1) is 12.7 Å². The van der Waals surface area contributed by atoms with E-state index in [0.717, 1.165) is 25.7 Å². The van der Waals surface area contributed by atoms with Gasteiger partial charge in [-0.3, -0.25) is 24.0 Å². The Kier molecular flexibility index (Phi) is 22.7. The van der Waals surface area contributed by atoms with Gasteiger partial charge in [-0.1, -0.05) is 90.2 Å². The van der Waals surface area contributed by atoms with Gasteiger partial charge in [-0.2, -0.15) is 5.26 Å². The number of ether oxygens (including phenoxy) is 2. The molecule has 1 heterocycles. The fraction of sp³-hybridized carbons (Fsp3) is 0.609. The number of carbonyl (C=O) groups is 5. The van der Waals surface area contributed by atoms with Gasteiger partial charge in [-0.05, 0) is 68.1 Å². The second-order valence-electron chi connectivity index (χ2n) is 15.8. The number of rotatable bonds is 25. The van der Waals surface area contributed by atoms with Crippen LogP contribution in [-0.4, -0.2) is 92.5 Å². The summed E-state index contributed by atoms with van der Waals surface area (Å²) in [5.41, 5.74) is 14.0. The molecule has 336 valence electrons. The first-order valence-electron chi connectivity index (χ1n) is 22.2. The first-order valence-corrected chi connectivity index (χ1v) is 22.2. The van der Waals surface area contributed by atoms with Crippen LogP contribution in [0.3, 0.4) is 0 Å². The van der Waals surface area contributed by atoms with E-state index < -0.39 is 47.8 Å². The van der Waals surface area contributed by atoms with Crippen molar-refractivity contribution in [3.63, 3.8) is 0 Å². The minimum absolute atomic E-state index is 0.0524. The van der Waals surface area contributed by atoms with Crippen LogP contribution < -0.4 is 42.2 Å². The number of amides is 5. The molecule has 0 saturated heterocycles. The number of carbonyl (C=O) groups excluding carboxylic acids is 5. The lowest BCUT2D eigenvalue weighted by molar-refractivity contribution is -0.143. The maximum Gasteiger partial charge on any atom is 0.248 e. The third-order valence-electron chi connectivity index (χ3n) is 10.7. The summed E-state index contributed by atoms with van der Waals surface area (Å²) in [6.07, 6.45) is 13.8. The summed E-state index contributed by atoms with van der Waals surface area (Å²) in [6.45, 7) is 6.32. The van der Waals surface area contributed by atoms with Crippen LogP contribution in [0.2, 0.25) is 0 Å². The Morgan fingerprint density at radius 1 is 0.836 bits per heavy atom. The molecular formula is C46H70N8O7. The first kappa shape index (κ1) is 50.2. The van der Waals surface area contributed by atoms with Crippen LogP contribution in [0.15, 0.2) is 36.4 Å². The highest BCUT2D eigenvalue weighted by Crippen LogP contribution is 2.40. The summed E-state index contributed by atoms with van der Waals surface area (Å²) in [5.74, 6) is -1.78. The molecule has 1 aliphatic rings. The van der Waals surface area contributed by atoms with E-state index in [9.17, 15) is 24.0 Å². The third kappa shape index (κ3) is 16.3. The molecular weight excluding hydrogens is 777 g/mol. The van der Waals surface area contributed by atoms with E-state index in [0.29, 0.717) is 46.8 Å². The normalized spacial score (nSPS) is 16.8. The zero-order valence-electron chi connectivity index (χ0n) is 36.8. The first-order chi connectivity index (χ1) is 29.5. The highest BCUT2D eigenvalue weighted by molar-refractivity contribution is 5.96. The van der Waals surface area contributed by atoms with Crippen molar-refractivity contribution in [3.8, 4) is 28.7 Å². The Bertz CT molecular complexity index is 1770. The maximum atomic E-state index is 14.4. The molecule has 0 spiro atoms. The highest BCUT2D eigenvalue weighted by atomic mass is 16.5. The monoisotopic (exact) mass is 847 g/mol. The SMILES string of the molecule is CCCCCCCCCCCCCC(=O)N[C@@H](CCN)C(=O)N(C)[C@@H]1C(=O)N[C@@H](C)C(=O)N[C@H](C(=O)NCC#N)Cc2ccc(OCCC)c(c2)-c2cc1ccc2OCCN. The van der Waals surface area contributed by atoms with Crippen molar-refractivity contribution in [3.05, 3.63) is 47.5 Å². The Morgan fingerprint density at radius 3 is 2.08 bits per heavy atom. The zero-order chi connectivity index (χ0) is 44.6. The lowest BCUT2D eigenvalue weighted by Gasteiger charge is -2.32. The average Bonchev–Trinajstić information content (AvgIpc) is 3.25. The van der Waals surface area contributed by atoms with E-state index in [1.54, 1.807) is 30.3 Å². The van der Waals surface area contributed by atoms with Gasteiger partial charge in [0.25, 0.3) is 0 Å². The highest BCUT2D eigenvalue weighted by Gasteiger charge is 2.36. The molecule has 0 radical (unpaired) electrons. The molecule has 1 aliphatic heterocycles. The minimum atomic E-state index is -1.30. The number of unbranched alkanes of at least 4 members (excludes halogenated alkanes) is 10. The molecule has 0 unspecified atom stereocenters. The summed E-state index contributed by atoms with van der Waals surface area (Å²) in [5, 5.41) is 20.0. The van der Waals surface area contributed by atoms with Crippen LogP contribution in [0.4, 0.5) is 0 Å². The number of benzene rings is 2. The van der Waals surface area contributed by atoms with Crippen molar-refractivity contribution in [2.24, 2.45) is 11.5 Å². The molecule has 0 fully saturated rings. The van der Waals surface area contributed by atoms with Gasteiger partial charge in [0, 0.05) is 37.6 Å². The second-order valence-corrected chi connectivity index (χ2v) is 15.8. The van der Waals surface area contributed by atoms with Crippen LogP contribution >= 0.6 is 0 Å². The van der Waals surface area contributed by atoms with E-state index in [4.69, 9.17) is 26.2 Å². The fourth-order valence-electron chi connectivity index (χ4n) is 7.39. The summed E-state index contributed by atoms with van der Waals surface area (Å²) in [6, 6.07) is 7.83. The van der Waals surface area contributed by atoms with Crippen LogP contribution in [0, 0.1) is 11.3 Å². The fourth-order valence-corrected chi connectivity index (χ4v) is 7.39.